The van der Waals surface area contributed by atoms with Gasteiger partial charge in [0.05, 0.1) is 0 Å². The Morgan fingerprint density at radius 2 is 0.950 bits per heavy atom. The monoisotopic (exact) mass is 522 g/mol. The van der Waals surface area contributed by atoms with Gasteiger partial charge in [0.15, 0.2) is 11.2 Å². The molecule has 0 saturated heterocycles. The molecule has 5 aromatic carbocycles. The van der Waals surface area contributed by atoms with Crippen LogP contribution in [0.15, 0.2) is 118 Å². The lowest BCUT2D eigenvalue weighted by molar-refractivity contribution is 0.482. The Morgan fingerprint density at radius 1 is 0.525 bits per heavy atom. The second kappa shape index (κ2) is 9.86. The summed E-state index contributed by atoms with van der Waals surface area (Å²) in [7, 11) is 0. The van der Waals surface area contributed by atoms with Gasteiger partial charge in [0.1, 0.15) is 22.5 Å². The maximum Gasteiger partial charge on any atom is 0.227 e. The quantitative estimate of drug-likeness (QED) is 0.218. The molecule has 0 N–H and O–H groups in total. The summed E-state index contributed by atoms with van der Waals surface area (Å²) in [6, 6.07) is 36.3. The van der Waals surface area contributed by atoms with Crippen LogP contribution in [0.4, 0.5) is 0 Å². The first-order chi connectivity index (χ1) is 19.6. The number of aryl methyl sites for hydroxylation is 2. The minimum Gasteiger partial charge on any atom is -0.457 e. The molecular weight excluding hydrogens is 496 g/mol. The van der Waals surface area contributed by atoms with E-state index in [2.05, 4.69) is 50.2 Å². The fourth-order valence-electron chi connectivity index (χ4n) is 4.75. The standard InChI is InChI=1S/C35H26N2O3/c1-22-3-9-26(10-4-22)34-36-30-20-24(7-17-32(30)39-34)19-25-8-18-33-31(21-25)37-35(40-33)27-11-15-29(16-12-27)38-28-13-5-23(2)6-14-28/h3-18,20-21H,19H2,1-2H3. The maximum atomic E-state index is 6.07. The summed E-state index contributed by atoms with van der Waals surface area (Å²) in [4.78, 5) is 9.50. The molecule has 2 heterocycles. The molecule has 0 amide bonds. The molecule has 0 bridgehead atoms. The predicted molar refractivity (Wildman–Crippen MR) is 158 cm³/mol. The molecule has 7 aromatic rings. The van der Waals surface area contributed by atoms with E-state index in [1.807, 2.05) is 72.8 Å². The van der Waals surface area contributed by atoms with Crippen molar-refractivity contribution in [2.75, 3.05) is 0 Å². The highest BCUT2D eigenvalue weighted by Crippen LogP contribution is 2.30. The third-order valence-electron chi connectivity index (χ3n) is 6.97. The largest absolute Gasteiger partial charge is 0.457 e. The minimum atomic E-state index is 0.585. The van der Waals surface area contributed by atoms with Gasteiger partial charge < -0.3 is 13.6 Å². The Kier molecular flexibility index (Phi) is 5.90. The van der Waals surface area contributed by atoms with Gasteiger partial charge in [-0.3, -0.25) is 0 Å². The Bertz CT molecular complexity index is 1950. The number of ether oxygens (including phenoxy) is 1. The molecule has 0 radical (unpaired) electrons. The number of hydrogen-bond donors (Lipinski definition) is 0. The van der Waals surface area contributed by atoms with Crippen LogP contribution in [0, 0.1) is 13.8 Å². The number of rotatable bonds is 6. The van der Waals surface area contributed by atoms with Gasteiger partial charge in [0.2, 0.25) is 11.8 Å². The van der Waals surface area contributed by atoms with E-state index >= 15 is 0 Å². The number of hydrogen-bond acceptors (Lipinski definition) is 5. The Hall–Kier alpha value is -5.16. The number of fused-ring (bicyclic) bond motifs is 2. The number of nitrogens with zero attached hydrogens (tertiary/aromatic N) is 2. The normalized spacial score (nSPS) is 11.3. The molecule has 2 aromatic heterocycles. The molecular formula is C35H26N2O3. The molecule has 5 nitrogen and oxygen atoms in total. The summed E-state index contributed by atoms with van der Waals surface area (Å²) < 4.78 is 18.0. The van der Waals surface area contributed by atoms with Crippen molar-refractivity contribution in [2.24, 2.45) is 0 Å². The summed E-state index contributed by atoms with van der Waals surface area (Å²) in [6.45, 7) is 4.13. The molecule has 0 aliphatic carbocycles. The average molecular weight is 523 g/mol. The maximum absolute atomic E-state index is 6.07. The van der Waals surface area contributed by atoms with Gasteiger partial charge in [-0.25, -0.2) is 9.97 Å². The van der Waals surface area contributed by atoms with E-state index < -0.39 is 0 Å². The van der Waals surface area contributed by atoms with Crippen LogP contribution >= 0.6 is 0 Å². The molecule has 0 unspecified atom stereocenters. The second-order valence-corrected chi connectivity index (χ2v) is 10.1. The van der Waals surface area contributed by atoms with E-state index in [4.69, 9.17) is 23.5 Å². The fraction of sp³-hybridized carbons (Fsp3) is 0.0857. The van der Waals surface area contributed by atoms with E-state index in [0.717, 1.165) is 62.4 Å². The Labute approximate surface area is 231 Å². The van der Waals surface area contributed by atoms with Gasteiger partial charge in [0.25, 0.3) is 0 Å². The van der Waals surface area contributed by atoms with Gasteiger partial charge in [-0.1, -0.05) is 47.5 Å². The van der Waals surface area contributed by atoms with Crippen LogP contribution in [0.5, 0.6) is 11.5 Å². The summed E-state index contributed by atoms with van der Waals surface area (Å²) in [6.07, 6.45) is 0.756. The lowest BCUT2D eigenvalue weighted by atomic mass is 10.0. The van der Waals surface area contributed by atoms with Crippen molar-refractivity contribution in [3.8, 4) is 34.4 Å². The first kappa shape index (κ1) is 23.9. The van der Waals surface area contributed by atoms with Gasteiger partial charge in [-0.2, -0.15) is 0 Å². The molecule has 0 spiro atoms. The summed E-state index contributed by atoms with van der Waals surface area (Å²) in [5.74, 6) is 2.79. The van der Waals surface area contributed by atoms with Crippen molar-refractivity contribution in [2.45, 2.75) is 20.3 Å². The van der Waals surface area contributed by atoms with Crippen LogP contribution in [0.25, 0.3) is 45.1 Å². The molecule has 0 atom stereocenters. The van der Waals surface area contributed by atoms with Crippen LogP contribution < -0.4 is 4.74 Å². The Morgan fingerprint density at radius 3 is 1.45 bits per heavy atom. The molecule has 5 heteroatoms. The topological polar surface area (TPSA) is 61.3 Å². The molecule has 0 saturated carbocycles. The lowest BCUT2D eigenvalue weighted by Gasteiger charge is -2.06. The van der Waals surface area contributed by atoms with Gasteiger partial charge >= 0.3 is 0 Å². The molecule has 0 aliphatic rings. The molecule has 7 rings (SSSR count). The van der Waals surface area contributed by atoms with Crippen molar-refractivity contribution < 1.29 is 13.6 Å². The third kappa shape index (κ3) is 4.85. The van der Waals surface area contributed by atoms with Crippen LogP contribution in [-0.4, -0.2) is 9.97 Å². The van der Waals surface area contributed by atoms with Crippen molar-refractivity contribution in [3.05, 3.63) is 131 Å². The lowest BCUT2D eigenvalue weighted by Crippen LogP contribution is -1.88. The minimum absolute atomic E-state index is 0.585. The zero-order valence-electron chi connectivity index (χ0n) is 22.2. The zero-order chi connectivity index (χ0) is 27.1. The first-order valence-corrected chi connectivity index (χ1v) is 13.3. The van der Waals surface area contributed by atoms with E-state index in [-0.39, 0.29) is 0 Å². The highest BCUT2D eigenvalue weighted by atomic mass is 16.5. The van der Waals surface area contributed by atoms with Crippen molar-refractivity contribution in [3.63, 3.8) is 0 Å². The second-order valence-electron chi connectivity index (χ2n) is 10.1. The molecule has 0 fully saturated rings. The van der Waals surface area contributed by atoms with Gasteiger partial charge in [-0.15, -0.1) is 0 Å². The predicted octanol–water partition coefficient (Wildman–Crippen LogP) is 9.30. The van der Waals surface area contributed by atoms with E-state index in [1.54, 1.807) is 0 Å². The van der Waals surface area contributed by atoms with E-state index in [9.17, 15) is 0 Å². The number of aromatic nitrogens is 2. The van der Waals surface area contributed by atoms with Gasteiger partial charge in [-0.05, 0) is 104 Å². The van der Waals surface area contributed by atoms with E-state index in [0.29, 0.717) is 11.8 Å². The average Bonchev–Trinajstić information content (AvgIpc) is 3.59. The van der Waals surface area contributed by atoms with Crippen LogP contribution in [-0.2, 0) is 6.42 Å². The zero-order valence-corrected chi connectivity index (χ0v) is 22.2. The third-order valence-corrected chi connectivity index (χ3v) is 6.97. The van der Waals surface area contributed by atoms with E-state index in [1.165, 1.54) is 11.1 Å². The summed E-state index contributed by atoms with van der Waals surface area (Å²) >= 11 is 0. The summed E-state index contributed by atoms with van der Waals surface area (Å²) in [5, 5.41) is 0. The molecule has 0 aliphatic heterocycles. The van der Waals surface area contributed by atoms with Crippen LogP contribution in [0.1, 0.15) is 22.3 Å². The van der Waals surface area contributed by atoms with Crippen molar-refractivity contribution in [1.29, 1.82) is 0 Å². The highest BCUT2D eigenvalue weighted by Gasteiger charge is 2.12. The highest BCUT2D eigenvalue weighted by molar-refractivity contribution is 5.78. The number of benzene rings is 5. The molecule has 194 valence electrons. The van der Waals surface area contributed by atoms with Crippen molar-refractivity contribution >= 4 is 22.2 Å². The molecule has 40 heavy (non-hydrogen) atoms. The number of oxazole rings is 2. The van der Waals surface area contributed by atoms with Crippen LogP contribution in [0.2, 0.25) is 0 Å². The van der Waals surface area contributed by atoms with Crippen molar-refractivity contribution in [1.82, 2.24) is 9.97 Å². The Balaban J connectivity index is 1.09. The summed E-state index contributed by atoms with van der Waals surface area (Å²) in [5.41, 5.74) is 9.81. The SMILES string of the molecule is Cc1ccc(Oc2ccc(-c3nc4cc(Cc5ccc6oc(-c7ccc(C)cc7)nc6c5)ccc4o3)cc2)cc1. The smallest absolute Gasteiger partial charge is 0.227 e. The van der Waals surface area contributed by atoms with Crippen LogP contribution in [0.3, 0.4) is 0 Å². The fourth-order valence-corrected chi connectivity index (χ4v) is 4.75. The first-order valence-electron chi connectivity index (χ1n) is 13.3. The van der Waals surface area contributed by atoms with Gasteiger partial charge in [0, 0.05) is 11.1 Å².